The van der Waals surface area contributed by atoms with E-state index in [2.05, 4.69) is 10.4 Å². The van der Waals surface area contributed by atoms with Crippen LogP contribution in [0.25, 0.3) is 5.69 Å². The molecule has 6 nitrogen and oxygen atoms in total. The molecule has 2 N–H and O–H groups in total. The molecule has 0 saturated carbocycles. The lowest BCUT2D eigenvalue weighted by Gasteiger charge is -2.25. The lowest BCUT2D eigenvalue weighted by Crippen LogP contribution is -2.39. The van der Waals surface area contributed by atoms with Crippen LogP contribution in [0.3, 0.4) is 0 Å². The topological polar surface area (TPSA) is 76.4 Å². The number of hydrogen-bond acceptors (Lipinski definition) is 4. The molecular formula is C18H25N3O3. The Morgan fingerprint density at radius 3 is 2.58 bits per heavy atom. The zero-order valence-corrected chi connectivity index (χ0v) is 14.6. The first-order valence-corrected chi connectivity index (χ1v) is 8.07. The smallest absolute Gasteiger partial charge is 0.275 e. The molecule has 0 spiro atoms. The molecule has 0 aliphatic rings. The highest BCUT2D eigenvalue weighted by Gasteiger charge is 2.24. The van der Waals surface area contributed by atoms with Crippen molar-refractivity contribution in [2.24, 2.45) is 5.41 Å². The van der Waals surface area contributed by atoms with Crippen molar-refractivity contribution in [2.75, 3.05) is 13.2 Å². The third kappa shape index (κ3) is 4.35. The predicted octanol–water partition coefficient (Wildman–Crippen LogP) is 2.41. The number of amides is 1. The van der Waals surface area contributed by atoms with Gasteiger partial charge >= 0.3 is 0 Å². The van der Waals surface area contributed by atoms with Crippen molar-refractivity contribution in [2.45, 2.75) is 33.8 Å². The van der Waals surface area contributed by atoms with Crippen molar-refractivity contribution in [3.63, 3.8) is 0 Å². The normalized spacial score (nSPS) is 12.7. The van der Waals surface area contributed by atoms with E-state index < -0.39 is 6.10 Å². The molecule has 1 aromatic heterocycles. The highest BCUT2D eigenvalue weighted by atomic mass is 16.5. The van der Waals surface area contributed by atoms with Crippen LogP contribution in [0, 0.1) is 5.41 Å². The summed E-state index contributed by atoms with van der Waals surface area (Å²) in [4.78, 5) is 12.4. The highest BCUT2D eigenvalue weighted by Crippen LogP contribution is 2.21. The minimum Gasteiger partial charge on any atom is -0.490 e. The number of carbonyl (C=O) groups is 1. The summed E-state index contributed by atoms with van der Waals surface area (Å²) in [7, 11) is 0. The van der Waals surface area contributed by atoms with Crippen LogP contribution in [0.4, 0.5) is 0 Å². The van der Waals surface area contributed by atoms with Gasteiger partial charge in [-0.2, -0.15) is 5.10 Å². The Morgan fingerprint density at radius 2 is 2.00 bits per heavy atom. The Bertz CT molecular complexity index is 675. The lowest BCUT2D eigenvalue weighted by molar-refractivity contribution is 0.0584. The van der Waals surface area contributed by atoms with Crippen molar-refractivity contribution >= 4 is 5.91 Å². The predicted molar refractivity (Wildman–Crippen MR) is 92.5 cm³/mol. The first-order valence-electron chi connectivity index (χ1n) is 8.07. The fraction of sp³-hybridized carbons (Fsp3) is 0.444. The van der Waals surface area contributed by atoms with E-state index in [1.165, 1.54) is 0 Å². The molecule has 0 aliphatic heterocycles. The first-order chi connectivity index (χ1) is 11.3. The number of hydrogen-bond donors (Lipinski definition) is 2. The van der Waals surface area contributed by atoms with Gasteiger partial charge in [0.2, 0.25) is 0 Å². The van der Waals surface area contributed by atoms with Crippen molar-refractivity contribution < 1.29 is 14.6 Å². The van der Waals surface area contributed by atoms with Crippen LogP contribution >= 0.6 is 0 Å². The van der Waals surface area contributed by atoms with Gasteiger partial charge in [-0.1, -0.05) is 39.0 Å². The Labute approximate surface area is 142 Å². The average Bonchev–Trinajstić information content (AvgIpc) is 2.96. The molecule has 130 valence electrons. The lowest BCUT2D eigenvalue weighted by atomic mass is 9.89. The molecule has 0 bridgehead atoms. The van der Waals surface area contributed by atoms with Crippen LogP contribution < -0.4 is 10.1 Å². The van der Waals surface area contributed by atoms with Crippen molar-refractivity contribution in [1.29, 1.82) is 0 Å². The van der Waals surface area contributed by atoms with Gasteiger partial charge in [-0.25, -0.2) is 4.68 Å². The zero-order chi connectivity index (χ0) is 17.7. The summed E-state index contributed by atoms with van der Waals surface area (Å²) in [5.41, 5.74) is 0.744. The van der Waals surface area contributed by atoms with E-state index in [0.717, 1.165) is 5.69 Å². The largest absolute Gasteiger partial charge is 0.490 e. The number of para-hydroxylation sites is 1. The van der Waals surface area contributed by atoms with Crippen molar-refractivity contribution in [1.82, 2.24) is 15.1 Å². The molecule has 0 radical (unpaired) electrons. The maximum atomic E-state index is 12.4. The summed E-state index contributed by atoms with van der Waals surface area (Å²) in [5.74, 6) is 0.0560. The molecule has 0 aliphatic carbocycles. The van der Waals surface area contributed by atoms with E-state index in [0.29, 0.717) is 12.4 Å². The first kappa shape index (κ1) is 18.0. The van der Waals surface area contributed by atoms with E-state index >= 15 is 0 Å². The van der Waals surface area contributed by atoms with E-state index in [1.54, 1.807) is 10.9 Å². The van der Waals surface area contributed by atoms with Crippen LogP contribution in [-0.2, 0) is 0 Å². The molecule has 2 rings (SSSR count). The Kier molecular flexibility index (Phi) is 5.62. The van der Waals surface area contributed by atoms with Gasteiger partial charge in [0.15, 0.2) is 11.4 Å². The standard InChI is InChI=1S/C18H25N3O3/c1-5-24-14-12-21(13-9-7-6-8-10-13)20-16(14)17(23)19-11-15(22)18(2,3)4/h6-10,12,15,22H,5,11H2,1-4H3,(H,19,23). The Hall–Kier alpha value is -2.34. The van der Waals surface area contributed by atoms with Crippen LogP contribution in [0.1, 0.15) is 38.2 Å². The summed E-state index contributed by atoms with van der Waals surface area (Å²) in [6.07, 6.45) is 1.04. The number of ether oxygens (including phenoxy) is 1. The SMILES string of the molecule is CCOc1cn(-c2ccccc2)nc1C(=O)NCC(O)C(C)(C)C. The van der Waals surface area contributed by atoms with Gasteiger partial charge in [0.05, 0.1) is 24.6 Å². The molecule has 1 aromatic carbocycles. The fourth-order valence-electron chi connectivity index (χ4n) is 2.07. The molecule has 6 heteroatoms. The van der Waals surface area contributed by atoms with Crippen molar-refractivity contribution in [3.05, 3.63) is 42.2 Å². The van der Waals surface area contributed by atoms with Gasteiger partial charge < -0.3 is 15.2 Å². The molecule has 0 saturated heterocycles. The third-order valence-electron chi connectivity index (χ3n) is 3.67. The van der Waals surface area contributed by atoms with E-state index in [9.17, 15) is 9.90 Å². The van der Waals surface area contributed by atoms with Crippen LogP contribution in [0.15, 0.2) is 36.5 Å². The fourth-order valence-corrected chi connectivity index (χ4v) is 2.07. The number of rotatable bonds is 6. The number of carbonyl (C=O) groups excluding carboxylic acids is 1. The number of benzene rings is 1. The van der Waals surface area contributed by atoms with Crippen LogP contribution in [-0.4, -0.2) is 40.0 Å². The Morgan fingerprint density at radius 1 is 1.33 bits per heavy atom. The average molecular weight is 331 g/mol. The molecule has 2 aromatic rings. The van der Waals surface area contributed by atoms with Crippen molar-refractivity contribution in [3.8, 4) is 11.4 Å². The van der Waals surface area contributed by atoms with Gasteiger partial charge in [-0.3, -0.25) is 4.79 Å². The summed E-state index contributed by atoms with van der Waals surface area (Å²) >= 11 is 0. The van der Waals surface area contributed by atoms with Gasteiger partial charge in [0.25, 0.3) is 5.91 Å². The van der Waals surface area contributed by atoms with E-state index in [1.807, 2.05) is 58.0 Å². The number of aliphatic hydroxyl groups is 1. The Balaban J connectivity index is 2.19. The molecule has 1 unspecified atom stereocenters. The second-order valence-corrected chi connectivity index (χ2v) is 6.65. The maximum Gasteiger partial charge on any atom is 0.275 e. The molecule has 0 fully saturated rings. The van der Waals surface area contributed by atoms with E-state index in [4.69, 9.17) is 4.74 Å². The number of nitrogens with zero attached hydrogens (tertiary/aromatic N) is 2. The number of nitrogens with one attached hydrogen (secondary N) is 1. The summed E-state index contributed by atoms with van der Waals surface area (Å²) < 4.78 is 7.14. The van der Waals surface area contributed by atoms with Crippen LogP contribution in [0.5, 0.6) is 5.75 Å². The third-order valence-corrected chi connectivity index (χ3v) is 3.67. The minimum absolute atomic E-state index is 0.159. The molecule has 24 heavy (non-hydrogen) atoms. The maximum absolute atomic E-state index is 12.4. The summed E-state index contributed by atoms with van der Waals surface area (Å²) in [5, 5.41) is 17.1. The second kappa shape index (κ2) is 7.49. The van der Waals surface area contributed by atoms with Crippen LogP contribution in [0.2, 0.25) is 0 Å². The molecule has 1 heterocycles. The summed E-state index contributed by atoms with van der Waals surface area (Å²) in [6, 6.07) is 9.51. The number of aliphatic hydroxyl groups excluding tert-OH is 1. The van der Waals surface area contributed by atoms with Gasteiger partial charge in [-0.15, -0.1) is 0 Å². The zero-order valence-electron chi connectivity index (χ0n) is 14.6. The quantitative estimate of drug-likeness (QED) is 0.852. The second-order valence-electron chi connectivity index (χ2n) is 6.65. The van der Waals surface area contributed by atoms with E-state index in [-0.39, 0.29) is 23.6 Å². The monoisotopic (exact) mass is 331 g/mol. The minimum atomic E-state index is -0.645. The molecular weight excluding hydrogens is 306 g/mol. The summed E-state index contributed by atoms with van der Waals surface area (Å²) in [6.45, 7) is 8.20. The molecule has 1 amide bonds. The highest BCUT2D eigenvalue weighted by molar-refractivity contribution is 5.95. The van der Waals surface area contributed by atoms with Gasteiger partial charge in [0, 0.05) is 6.54 Å². The molecule has 1 atom stereocenters. The van der Waals surface area contributed by atoms with Gasteiger partial charge in [0.1, 0.15) is 0 Å². The van der Waals surface area contributed by atoms with Gasteiger partial charge in [-0.05, 0) is 24.5 Å². The number of aromatic nitrogens is 2.